The van der Waals surface area contributed by atoms with Crippen LogP contribution in [0.15, 0.2) is 89.1 Å². The van der Waals surface area contributed by atoms with Crippen LogP contribution in [0.1, 0.15) is 25.3 Å². The molecule has 0 spiro atoms. The smallest absolute Gasteiger partial charge is 0.256 e. The molecule has 3 aromatic carbocycles. The fraction of sp³-hybridized carbons (Fsp3) is 0.241. The van der Waals surface area contributed by atoms with Gasteiger partial charge in [0.15, 0.2) is 11.5 Å². The highest BCUT2D eigenvalue weighted by Gasteiger charge is 2.50. The monoisotopic (exact) mass is 496 g/mol. The summed E-state index contributed by atoms with van der Waals surface area (Å²) in [5, 5.41) is 12.1. The fourth-order valence-electron chi connectivity index (χ4n) is 5.13. The van der Waals surface area contributed by atoms with E-state index in [-0.39, 0.29) is 11.8 Å². The van der Waals surface area contributed by atoms with Crippen LogP contribution < -0.4 is 19.5 Å². The van der Waals surface area contributed by atoms with Gasteiger partial charge in [-0.15, -0.1) is 0 Å². The molecule has 0 bridgehead atoms. The molecule has 0 aliphatic carbocycles. The van der Waals surface area contributed by atoms with Crippen molar-refractivity contribution in [3.8, 4) is 11.5 Å². The van der Waals surface area contributed by atoms with Crippen LogP contribution in [0, 0.1) is 11.8 Å². The first-order valence-corrected chi connectivity index (χ1v) is 12.0. The first kappa shape index (κ1) is 24.2. The second kappa shape index (κ2) is 9.89. The van der Waals surface area contributed by atoms with Crippen molar-refractivity contribution in [1.29, 1.82) is 0 Å². The van der Waals surface area contributed by atoms with E-state index in [1.165, 1.54) is 10.0 Å². The lowest BCUT2D eigenvalue weighted by Gasteiger charge is -2.29. The van der Waals surface area contributed by atoms with Gasteiger partial charge in [-0.3, -0.25) is 9.59 Å². The lowest BCUT2D eigenvalue weighted by atomic mass is 9.73. The topological polar surface area (TPSA) is 83.8 Å². The predicted octanol–water partition coefficient (Wildman–Crippen LogP) is 4.87. The highest BCUT2D eigenvalue weighted by Crippen LogP contribution is 2.44. The lowest BCUT2D eigenvalue weighted by molar-refractivity contribution is -0.122. The number of carbonyl (C=O) groups is 2. The van der Waals surface area contributed by atoms with Crippen molar-refractivity contribution in [3.63, 3.8) is 0 Å². The Bertz CT molecular complexity index is 1310. The summed E-state index contributed by atoms with van der Waals surface area (Å²) < 4.78 is 11.0. The molecule has 188 valence electrons. The quantitative estimate of drug-likeness (QED) is 0.467. The van der Waals surface area contributed by atoms with Gasteiger partial charge < -0.3 is 9.47 Å². The van der Waals surface area contributed by atoms with E-state index >= 15 is 0 Å². The Morgan fingerprint density at radius 1 is 0.676 bits per heavy atom. The summed E-state index contributed by atoms with van der Waals surface area (Å²) in [7, 11) is 3.13. The Kier molecular flexibility index (Phi) is 6.48. The average molecular weight is 497 g/mol. The third-order valence-corrected chi connectivity index (χ3v) is 6.88. The van der Waals surface area contributed by atoms with Gasteiger partial charge in [-0.05, 0) is 55.8 Å². The number of methoxy groups -OCH3 is 2. The molecule has 37 heavy (non-hydrogen) atoms. The van der Waals surface area contributed by atoms with Crippen LogP contribution in [0.4, 0.5) is 11.4 Å². The van der Waals surface area contributed by atoms with Crippen molar-refractivity contribution in [2.45, 2.75) is 19.8 Å². The summed E-state index contributed by atoms with van der Waals surface area (Å²) in [5.41, 5.74) is 3.38. The molecule has 2 atom stereocenters. The number of hydrogen-bond acceptors (Lipinski definition) is 6. The molecule has 0 N–H and O–H groups in total. The van der Waals surface area contributed by atoms with Gasteiger partial charge in [0.25, 0.3) is 11.8 Å². The van der Waals surface area contributed by atoms with Crippen molar-refractivity contribution in [1.82, 2.24) is 0 Å². The van der Waals surface area contributed by atoms with E-state index in [4.69, 9.17) is 9.47 Å². The van der Waals surface area contributed by atoms with Gasteiger partial charge in [-0.2, -0.15) is 10.2 Å². The standard InChI is InChI=1S/C29H28N4O4/c1-18-25(28(34)32(30-18)21-11-7-5-8-12-21)27(20-15-16-23(36-3)24(17-20)37-4)26-19(2)31-33(29(26)35)22-13-9-6-10-14-22/h5-17,25-27H,1-4H3. The van der Waals surface area contributed by atoms with E-state index in [9.17, 15) is 9.59 Å². The number of amides is 2. The molecule has 0 fully saturated rings. The molecule has 0 aromatic heterocycles. The van der Waals surface area contributed by atoms with Crippen molar-refractivity contribution < 1.29 is 19.1 Å². The van der Waals surface area contributed by atoms with E-state index in [0.717, 1.165) is 5.56 Å². The maximum absolute atomic E-state index is 13.9. The van der Waals surface area contributed by atoms with Crippen LogP contribution in [-0.2, 0) is 9.59 Å². The molecule has 2 aliphatic rings. The van der Waals surface area contributed by atoms with Gasteiger partial charge in [0, 0.05) is 17.3 Å². The number of nitrogens with zero attached hydrogens (tertiary/aromatic N) is 4. The van der Waals surface area contributed by atoms with Crippen LogP contribution in [0.3, 0.4) is 0 Å². The molecule has 5 rings (SSSR count). The van der Waals surface area contributed by atoms with Gasteiger partial charge in [0.1, 0.15) is 0 Å². The van der Waals surface area contributed by atoms with Gasteiger partial charge in [0.2, 0.25) is 0 Å². The number of benzene rings is 3. The second-order valence-corrected chi connectivity index (χ2v) is 9.05. The molecular weight excluding hydrogens is 468 g/mol. The molecule has 2 unspecified atom stereocenters. The molecule has 0 radical (unpaired) electrons. The number of anilines is 2. The van der Waals surface area contributed by atoms with Crippen molar-refractivity contribution in [2.75, 3.05) is 24.2 Å². The van der Waals surface area contributed by atoms with Crippen LogP contribution >= 0.6 is 0 Å². The summed E-state index contributed by atoms with van der Waals surface area (Å²) in [5.74, 6) is -1.21. The molecule has 0 saturated carbocycles. The van der Waals surface area contributed by atoms with Crippen molar-refractivity contribution in [2.24, 2.45) is 22.0 Å². The molecule has 8 heteroatoms. The molecule has 0 saturated heterocycles. The zero-order valence-corrected chi connectivity index (χ0v) is 21.2. The van der Waals surface area contributed by atoms with Gasteiger partial charge >= 0.3 is 0 Å². The number of ether oxygens (including phenoxy) is 2. The summed E-state index contributed by atoms with van der Waals surface area (Å²) in [6.07, 6.45) is 0. The zero-order chi connectivity index (χ0) is 26.1. The molecular formula is C29H28N4O4. The third-order valence-electron chi connectivity index (χ3n) is 6.88. The van der Waals surface area contributed by atoms with E-state index < -0.39 is 17.8 Å². The molecule has 8 nitrogen and oxygen atoms in total. The normalized spacial score (nSPS) is 20.1. The fourth-order valence-corrected chi connectivity index (χ4v) is 5.13. The SMILES string of the molecule is COc1ccc(C(C2C(=O)N(c3ccccc3)N=C2C)C2C(=O)N(c3ccccc3)N=C2C)cc1OC. The Hall–Kier alpha value is -4.46. The first-order valence-electron chi connectivity index (χ1n) is 12.0. The third kappa shape index (κ3) is 4.24. The van der Waals surface area contributed by atoms with E-state index in [1.54, 1.807) is 20.3 Å². The Balaban J connectivity index is 1.61. The maximum Gasteiger partial charge on any atom is 0.256 e. The predicted molar refractivity (Wildman–Crippen MR) is 143 cm³/mol. The maximum atomic E-state index is 13.9. The van der Waals surface area contributed by atoms with Crippen LogP contribution in [0.2, 0.25) is 0 Å². The van der Waals surface area contributed by atoms with Crippen LogP contribution in [0.5, 0.6) is 11.5 Å². The van der Waals surface area contributed by atoms with Gasteiger partial charge in [-0.25, -0.2) is 10.0 Å². The Morgan fingerprint density at radius 3 is 1.57 bits per heavy atom. The van der Waals surface area contributed by atoms with Gasteiger partial charge in [-0.1, -0.05) is 42.5 Å². The summed E-state index contributed by atoms with van der Waals surface area (Å²) in [6, 6.07) is 24.1. The minimum absolute atomic E-state index is 0.192. The second-order valence-electron chi connectivity index (χ2n) is 9.05. The summed E-state index contributed by atoms with van der Waals surface area (Å²) in [6.45, 7) is 3.67. The molecule has 2 heterocycles. The molecule has 3 aromatic rings. The average Bonchev–Trinajstić information content (AvgIpc) is 3.39. The van der Waals surface area contributed by atoms with Crippen molar-refractivity contribution in [3.05, 3.63) is 84.4 Å². The Morgan fingerprint density at radius 2 is 1.14 bits per heavy atom. The molecule has 2 aliphatic heterocycles. The number of hydrogen-bond donors (Lipinski definition) is 0. The minimum Gasteiger partial charge on any atom is -0.493 e. The Labute approximate surface area is 215 Å². The highest BCUT2D eigenvalue weighted by molar-refractivity contribution is 6.19. The number of rotatable bonds is 7. The first-order chi connectivity index (χ1) is 17.9. The number of carbonyl (C=O) groups excluding carboxylic acids is 2. The summed E-state index contributed by atoms with van der Waals surface area (Å²) in [4.78, 5) is 27.8. The van der Waals surface area contributed by atoms with E-state index in [1.807, 2.05) is 86.6 Å². The summed E-state index contributed by atoms with van der Waals surface area (Å²) >= 11 is 0. The van der Waals surface area contributed by atoms with Crippen molar-refractivity contribution >= 4 is 34.6 Å². The lowest BCUT2D eigenvalue weighted by Crippen LogP contribution is -2.40. The number of hydrazone groups is 2. The van der Waals surface area contributed by atoms with E-state index in [2.05, 4.69) is 10.2 Å². The largest absolute Gasteiger partial charge is 0.493 e. The highest BCUT2D eigenvalue weighted by atomic mass is 16.5. The minimum atomic E-state index is -0.673. The molecule has 2 amide bonds. The van der Waals surface area contributed by atoms with Gasteiger partial charge in [0.05, 0.1) is 37.4 Å². The van der Waals surface area contributed by atoms with E-state index in [0.29, 0.717) is 34.3 Å². The zero-order valence-electron chi connectivity index (χ0n) is 21.2. The van der Waals surface area contributed by atoms with Crippen LogP contribution in [0.25, 0.3) is 0 Å². The number of para-hydroxylation sites is 2. The van der Waals surface area contributed by atoms with Crippen LogP contribution in [-0.4, -0.2) is 37.5 Å².